The Balaban J connectivity index is 1.98. The van der Waals surface area contributed by atoms with Crippen LogP contribution < -0.4 is 4.74 Å². The molecule has 156 valence electrons. The summed E-state index contributed by atoms with van der Waals surface area (Å²) in [5.41, 5.74) is -1.83. The van der Waals surface area contributed by atoms with Gasteiger partial charge in [-0.05, 0) is 41.9 Å². The highest BCUT2D eigenvalue weighted by Crippen LogP contribution is 2.38. The molecule has 0 spiro atoms. The molecule has 2 aromatic carbocycles. The van der Waals surface area contributed by atoms with E-state index >= 15 is 0 Å². The number of alkyl halides is 6. The van der Waals surface area contributed by atoms with Gasteiger partial charge in [0.1, 0.15) is 5.75 Å². The lowest BCUT2D eigenvalue weighted by atomic mass is 10.1. The predicted molar refractivity (Wildman–Crippen MR) is 95.4 cm³/mol. The van der Waals surface area contributed by atoms with Gasteiger partial charge >= 0.3 is 12.5 Å². The summed E-state index contributed by atoms with van der Waals surface area (Å²) in [6, 6.07) is 6.67. The first kappa shape index (κ1) is 20.5. The van der Waals surface area contributed by atoms with Crippen molar-refractivity contribution in [2.45, 2.75) is 12.5 Å². The number of hydrogen-bond donors (Lipinski definition) is 0. The highest BCUT2D eigenvalue weighted by molar-refractivity contribution is 6.30. The Morgan fingerprint density at radius 2 is 1.67 bits per heavy atom. The number of para-hydroxylation sites is 1. The number of rotatable bonds is 2. The molecule has 0 atom stereocenters. The van der Waals surface area contributed by atoms with Crippen LogP contribution in [0.3, 0.4) is 0 Å². The zero-order valence-electron chi connectivity index (χ0n) is 14.2. The van der Waals surface area contributed by atoms with Gasteiger partial charge < -0.3 is 4.74 Å². The van der Waals surface area contributed by atoms with Gasteiger partial charge in [-0.1, -0.05) is 17.7 Å². The van der Waals surface area contributed by atoms with Crippen molar-refractivity contribution < 1.29 is 31.1 Å². The molecule has 0 saturated carbocycles. The van der Waals surface area contributed by atoms with Crippen LogP contribution in [-0.2, 0) is 6.18 Å². The summed E-state index contributed by atoms with van der Waals surface area (Å²) in [5, 5.41) is 3.44. The van der Waals surface area contributed by atoms with E-state index in [9.17, 15) is 26.3 Å². The van der Waals surface area contributed by atoms with Gasteiger partial charge in [0.05, 0.1) is 16.6 Å². The summed E-state index contributed by atoms with van der Waals surface area (Å²) in [6.45, 7) is 0. The maximum Gasteiger partial charge on any atom is 0.573 e. The second-order valence-corrected chi connectivity index (χ2v) is 6.71. The van der Waals surface area contributed by atoms with E-state index in [0.717, 1.165) is 22.7 Å². The number of hydrogen-bond acceptors (Lipinski definition) is 4. The van der Waals surface area contributed by atoms with Crippen molar-refractivity contribution in [1.29, 1.82) is 0 Å². The fraction of sp³-hybridized carbons (Fsp3) is 0.118. The fourth-order valence-electron chi connectivity index (χ4n) is 2.83. The summed E-state index contributed by atoms with van der Waals surface area (Å²) >= 11 is 11.7. The van der Waals surface area contributed by atoms with Gasteiger partial charge in [0.25, 0.3) is 0 Å². The van der Waals surface area contributed by atoms with Gasteiger partial charge in [-0.2, -0.15) is 17.7 Å². The van der Waals surface area contributed by atoms with E-state index in [4.69, 9.17) is 23.2 Å². The number of aromatic nitrogens is 4. The molecule has 0 fully saturated rings. The third-order valence-electron chi connectivity index (χ3n) is 3.98. The van der Waals surface area contributed by atoms with Crippen LogP contribution in [0.5, 0.6) is 5.75 Å². The Bertz CT molecular complexity index is 1290. The Hall–Kier alpha value is -2.79. The van der Waals surface area contributed by atoms with Crippen molar-refractivity contribution >= 4 is 39.8 Å². The summed E-state index contributed by atoms with van der Waals surface area (Å²) < 4.78 is 83.1. The maximum atomic E-state index is 13.3. The fourth-order valence-corrected chi connectivity index (χ4v) is 3.20. The van der Waals surface area contributed by atoms with Crippen LogP contribution in [0.25, 0.3) is 27.9 Å². The summed E-state index contributed by atoms with van der Waals surface area (Å²) in [4.78, 5) is 7.83. The standard InChI is InChI=1S/C17H6Cl2F6N4O/c18-7-4-5-8(11(6-7)30-17(23,24)25)13-27-14-9-2-1-3-10(16(20,21)22)12(9)26-15(19)29(14)28-13/h1-6H. The Labute approximate surface area is 172 Å². The molecule has 0 unspecified atom stereocenters. The number of ether oxygens (including phenoxy) is 1. The molecule has 0 aliphatic heterocycles. The molecule has 5 nitrogen and oxygen atoms in total. The second-order valence-electron chi connectivity index (χ2n) is 5.94. The molecule has 13 heteroatoms. The molecular formula is C17H6Cl2F6N4O. The minimum Gasteiger partial charge on any atom is -0.405 e. The van der Waals surface area contributed by atoms with Crippen LogP contribution >= 0.6 is 23.2 Å². The summed E-state index contributed by atoms with van der Waals surface area (Å²) in [6.07, 6.45) is -9.73. The van der Waals surface area contributed by atoms with E-state index in [1.807, 2.05) is 0 Å². The quantitative estimate of drug-likeness (QED) is 0.262. The minimum atomic E-state index is -5.02. The van der Waals surface area contributed by atoms with Crippen molar-refractivity contribution in [2.24, 2.45) is 0 Å². The first-order valence-corrected chi connectivity index (χ1v) is 8.67. The molecule has 0 aliphatic rings. The van der Waals surface area contributed by atoms with Crippen molar-refractivity contribution in [2.75, 3.05) is 0 Å². The summed E-state index contributed by atoms with van der Waals surface area (Å²) in [7, 11) is 0. The van der Waals surface area contributed by atoms with E-state index in [0.29, 0.717) is 0 Å². The largest absolute Gasteiger partial charge is 0.573 e. The van der Waals surface area contributed by atoms with Crippen molar-refractivity contribution in [3.05, 3.63) is 52.3 Å². The maximum absolute atomic E-state index is 13.3. The lowest BCUT2D eigenvalue weighted by molar-refractivity contribution is -0.274. The van der Waals surface area contributed by atoms with E-state index in [2.05, 4.69) is 19.8 Å². The van der Waals surface area contributed by atoms with Crippen molar-refractivity contribution in [3.63, 3.8) is 0 Å². The van der Waals surface area contributed by atoms with Crippen LogP contribution in [0.1, 0.15) is 5.56 Å². The highest BCUT2D eigenvalue weighted by Gasteiger charge is 2.35. The summed E-state index contributed by atoms with van der Waals surface area (Å²) in [5.74, 6) is -0.963. The average Bonchev–Trinajstić information content (AvgIpc) is 3.05. The first-order chi connectivity index (χ1) is 13.9. The van der Waals surface area contributed by atoms with Gasteiger partial charge in [0, 0.05) is 10.4 Å². The van der Waals surface area contributed by atoms with Gasteiger partial charge in [0.2, 0.25) is 5.28 Å². The Morgan fingerprint density at radius 3 is 2.33 bits per heavy atom. The third-order valence-corrected chi connectivity index (χ3v) is 4.46. The molecule has 0 radical (unpaired) electrons. The zero-order valence-corrected chi connectivity index (χ0v) is 15.7. The van der Waals surface area contributed by atoms with Crippen molar-refractivity contribution in [3.8, 4) is 17.1 Å². The third kappa shape index (κ3) is 3.70. The lowest BCUT2D eigenvalue weighted by Crippen LogP contribution is -2.17. The van der Waals surface area contributed by atoms with E-state index in [1.54, 1.807) is 0 Å². The average molecular weight is 467 g/mol. The molecule has 30 heavy (non-hydrogen) atoms. The van der Waals surface area contributed by atoms with Gasteiger partial charge in [-0.3, -0.25) is 0 Å². The van der Waals surface area contributed by atoms with E-state index in [1.165, 1.54) is 18.2 Å². The number of benzene rings is 2. The van der Waals surface area contributed by atoms with Gasteiger partial charge in [-0.25, -0.2) is 9.97 Å². The smallest absolute Gasteiger partial charge is 0.405 e. The number of fused-ring (bicyclic) bond motifs is 3. The molecule has 2 aromatic heterocycles. The van der Waals surface area contributed by atoms with Crippen LogP contribution in [0.4, 0.5) is 26.3 Å². The van der Waals surface area contributed by atoms with E-state index < -0.39 is 34.7 Å². The van der Waals surface area contributed by atoms with Crippen LogP contribution in [0.15, 0.2) is 36.4 Å². The van der Waals surface area contributed by atoms with Crippen molar-refractivity contribution in [1.82, 2.24) is 19.6 Å². The molecule has 0 amide bonds. The topological polar surface area (TPSA) is 52.3 Å². The first-order valence-electron chi connectivity index (χ1n) is 7.92. The monoisotopic (exact) mass is 466 g/mol. The molecule has 0 saturated heterocycles. The molecule has 2 heterocycles. The van der Waals surface area contributed by atoms with Gasteiger partial charge in [-0.15, -0.1) is 18.3 Å². The molecule has 0 bridgehead atoms. The van der Waals surface area contributed by atoms with Gasteiger partial charge in [0.15, 0.2) is 11.5 Å². The SMILES string of the molecule is FC(F)(F)Oc1cc(Cl)ccc1-c1nc2c3cccc(C(F)(F)F)c3nc(Cl)n2n1. The number of nitrogens with zero attached hydrogens (tertiary/aromatic N) is 4. The zero-order chi connectivity index (χ0) is 21.8. The lowest BCUT2D eigenvalue weighted by Gasteiger charge is -2.11. The minimum absolute atomic E-state index is 0.0401. The Kier molecular flexibility index (Phi) is 4.70. The predicted octanol–water partition coefficient (Wildman–Crippen LogP) is 6.17. The highest BCUT2D eigenvalue weighted by atomic mass is 35.5. The molecular weight excluding hydrogens is 461 g/mol. The van der Waals surface area contributed by atoms with Crippen LogP contribution in [0.2, 0.25) is 10.3 Å². The Morgan fingerprint density at radius 1 is 0.933 bits per heavy atom. The molecule has 4 rings (SSSR count). The number of halogens is 8. The molecule has 0 N–H and O–H groups in total. The normalized spacial score (nSPS) is 12.7. The molecule has 0 aliphatic carbocycles. The van der Waals surface area contributed by atoms with Crippen LogP contribution in [-0.4, -0.2) is 25.9 Å². The second kappa shape index (κ2) is 6.88. The van der Waals surface area contributed by atoms with Crippen LogP contribution in [0, 0.1) is 0 Å². The molecule has 4 aromatic rings. The van der Waals surface area contributed by atoms with E-state index in [-0.39, 0.29) is 27.4 Å².